The van der Waals surface area contributed by atoms with Crippen LogP contribution in [0, 0.1) is 12.8 Å². The Morgan fingerprint density at radius 2 is 2.00 bits per heavy atom. The van der Waals surface area contributed by atoms with Gasteiger partial charge in [-0.2, -0.15) is 0 Å². The topological polar surface area (TPSA) is 76.9 Å². The summed E-state index contributed by atoms with van der Waals surface area (Å²) in [7, 11) is 0. The van der Waals surface area contributed by atoms with Gasteiger partial charge in [-0.05, 0) is 37.0 Å². The Morgan fingerprint density at radius 3 is 2.73 bits per heavy atom. The molecule has 9 heteroatoms. The lowest BCUT2D eigenvalue weighted by molar-refractivity contribution is -0.113. The number of fused-ring (bicyclic) bond motifs is 1. The summed E-state index contributed by atoms with van der Waals surface area (Å²) in [6.07, 6.45) is 2.28. The Kier molecular flexibility index (Phi) is 7.39. The second-order valence-electron chi connectivity index (χ2n) is 7.28. The molecule has 30 heavy (non-hydrogen) atoms. The van der Waals surface area contributed by atoms with Crippen molar-refractivity contribution in [1.29, 1.82) is 0 Å². The third-order valence-corrected chi connectivity index (χ3v) is 6.37. The number of carbonyl (C=O) groups is 1. The monoisotopic (exact) mass is 464 g/mol. The molecule has 1 aromatic carbocycles. The number of nitrogens with one attached hydrogen (secondary N) is 1. The third-order valence-electron chi connectivity index (χ3n) is 4.55. The van der Waals surface area contributed by atoms with Crippen molar-refractivity contribution in [2.24, 2.45) is 5.92 Å². The summed E-state index contributed by atoms with van der Waals surface area (Å²) in [6, 6.07) is 7.23. The molecule has 158 valence electrons. The Bertz CT molecular complexity index is 1150. The first-order valence-electron chi connectivity index (χ1n) is 9.50. The number of pyridine rings is 1. The van der Waals surface area contributed by atoms with Gasteiger partial charge in [0.15, 0.2) is 11.0 Å². The van der Waals surface area contributed by atoms with E-state index in [1.165, 1.54) is 18.0 Å². The number of thioether (sulfide) groups is 1. The summed E-state index contributed by atoms with van der Waals surface area (Å²) in [5.74, 6) is 0.458. The van der Waals surface area contributed by atoms with Crippen LogP contribution in [0.3, 0.4) is 0 Å². The molecular weight excluding hydrogens is 443 g/mol. The number of aromatic nitrogens is 3. The fraction of sp³-hybridized carbons (Fsp3) is 0.333. The molecule has 1 amide bonds. The van der Waals surface area contributed by atoms with Gasteiger partial charge in [0.1, 0.15) is 0 Å². The van der Waals surface area contributed by atoms with E-state index in [2.05, 4.69) is 29.1 Å². The van der Waals surface area contributed by atoms with Crippen molar-refractivity contribution in [2.75, 3.05) is 11.1 Å². The maximum absolute atomic E-state index is 13.0. The highest BCUT2D eigenvalue weighted by Gasteiger charge is 2.15. The highest BCUT2D eigenvalue weighted by Crippen LogP contribution is 2.29. The minimum atomic E-state index is -0.297. The van der Waals surface area contributed by atoms with Crippen molar-refractivity contribution in [3.8, 4) is 0 Å². The second kappa shape index (κ2) is 9.81. The van der Waals surface area contributed by atoms with Crippen LogP contribution in [0.1, 0.15) is 25.8 Å². The maximum Gasteiger partial charge on any atom is 0.262 e. The van der Waals surface area contributed by atoms with Crippen molar-refractivity contribution in [3.63, 3.8) is 0 Å². The highest BCUT2D eigenvalue weighted by molar-refractivity contribution is 7.99. The van der Waals surface area contributed by atoms with Gasteiger partial charge in [0.05, 0.1) is 26.7 Å². The molecule has 0 saturated carbocycles. The Labute approximate surface area is 189 Å². The quantitative estimate of drug-likeness (QED) is 0.384. The molecule has 0 spiro atoms. The van der Waals surface area contributed by atoms with Crippen LogP contribution in [0.2, 0.25) is 10.0 Å². The molecule has 3 aromatic rings. The number of halogens is 2. The van der Waals surface area contributed by atoms with Gasteiger partial charge in [-0.3, -0.25) is 14.2 Å². The summed E-state index contributed by atoms with van der Waals surface area (Å²) < 4.78 is 1.65. The summed E-state index contributed by atoms with van der Waals surface area (Å²) in [6.45, 7) is 6.50. The molecule has 3 rings (SSSR count). The Hall–Kier alpha value is -2.09. The zero-order valence-electron chi connectivity index (χ0n) is 16.9. The molecule has 0 aliphatic heterocycles. The van der Waals surface area contributed by atoms with E-state index in [9.17, 15) is 9.59 Å². The molecule has 0 atom stereocenters. The van der Waals surface area contributed by atoms with E-state index in [-0.39, 0.29) is 23.0 Å². The maximum atomic E-state index is 13.0. The smallest absolute Gasteiger partial charge is 0.262 e. The van der Waals surface area contributed by atoms with Gasteiger partial charge in [-0.25, -0.2) is 9.97 Å². The van der Waals surface area contributed by atoms with Gasteiger partial charge in [-0.1, -0.05) is 60.9 Å². The van der Waals surface area contributed by atoms with Gasteiger partial charge >= 0.3 is 0 Å². The first-order valence-corrected chi connectivity index (χ1v) is 11.2. The molecule has 0 aliphatic carbocycles. The van der Waals surface area contributed by atoms with Crippen molar-refractivity contribution < 1.29 is 4.79 Å². The number of para-hydroxylation sites is 1. The molecule has 0 radical (unpaired) electrons. The van der Waals surface area contributed by atoms with Crippen LogP contribution in [-0.4, -0.2) is 26.2 Å². The fourth-order valence-electron chi connectivity index (χ4n) is 2.78. The van der Waals surface area contributed by atoms with E-state index < -0.39 is 0 Å². The number of rotatable bonds is 7. The number of hydrogen-bond acceptors (Lipinski definition) is 5. The number of nitrogens with zero attached hydrogens (tertiary/aromatic N) is 3. The van der Waals surface area contributed by atoms with E-state index in [1.54, 1.807) is 23.6 Å². The first-order chi connectivity index (χ1) is 14.3. The highest BCUT2D eigenvalue weighted by atomic mass is 35.5. The predicted molar refractivity (Wildman–Crippen MR) is 124 cm³/mol. The van der Waals surface area contributed by atoms with Crippen LogP contribution in [0.4, 0.5) is 5.82 Å². The van der Waals surface area contributed by atoms with Gasteiger partial charge in [0.2, 0.25) is 5.91 Å². The second-order valence-corrected chi connectivity index (χ2v) is 9.01. The van der Waals surface area contributed by atoms with Crippen LogP contribution in [-0.2, 0) is 11.3 Å². The van der Waals surface area contributed by atoms with Crippen LogP contribution < -0.4 is 10.9 Å². The summed E-state index contributed by atoms with van der Waals surface area (Å²) in [4.78, 5) is 34.2. The van der Waals surface area contributed by atoms with Crippen LogP contribution in [0.15, 0.2) is 40.4 Å². The largest absolute Gasteiger partial charge is 0.309 e. The molecule has 2 heterocycles. The first kappa shape index (κ1) is 22.6. The van der Waals surface area contributed by atoms with E-state index >= 15 is 0 Å². The SMILES string of the molecule is Cc1c(Cl)cnc(NC(=O)CSc2nc3ccccc3c(=O)n2CCC(C)C)c1Cl. The molecule has 0 saturated heterocycles. The van der Waals surface area contributed by atoms with Crippen molar-refractivity contribution in [3.05, 3.63) is 56.4 Å². The molecule has 2 aromatic heterocycles. The van der Waals surface area contributed by atoms with Crippen LogP contribution >= 0.6 is 35.0 Å². The predicted octanol–water partition coefficient (Wildman–Crippen LogP) is 5.18. The summed E-state index contributed by atoms with van der Waals surface area (Å²) >= 11 is 13.4. The standard InChI is InChI=1S/C21H22Cl2N4O2S/c1-12(2)8-9-27-20(29)14-6-4-5-7-16(14)25-21(27)30-11-17(28)26-19-18(23)13(3)15(22)10-24-19/h4-7,10,12H,8-9,11H2,1-3H3,(H,24,26,28). The minimum Gasteiger partial charge on any atom is -0.309 e. The molecular formula is C21H22Cl2N4O2S. The van der Waals surface area contributed by atoms with E-state index in [0.29, 0.717) is 44.1 Å². The lowest BCUT2D eigenvalue weighted by Crippen LogP contribution is -2.25. The van der Waals surface area contributed by atoms with Crippen molar-refractivity contribution in [1.82, 2.24) is 14.5 Å². The van der Waals surface area contributed by atoms with E-state index in [4.69, 9.17) is 23.2 Å². The third kappa shape index (κ3) is 5.14. The Morgan fingerprint density at radius 1 is 1.27 bits per heavy atom. The molecule has 0 aliphatic rings. The fourth-order valence-corrected chi connectivity index (χ4v) is 4.00. The molecule has 1 N–H and O–H groups in total. The normalized spacial score (nSPS) is 11.3. The van der Waals surface area contributed by atoms with Crippen molar-refractivity contribution in [2.45, 2.75) is 38.9 Å². The van der Waals surface area contributed by atoms with Crippen LogP contribution in [0.5, 0.6) is 0 Å². The average molecular weight is 465 g/mol. The number of carbonyl (C=O) groups excluding carboxylic acids is 1. The number of hydrogen-bond donors (Lipinski definition) is 1. The van der Waals surface area contributed by atoms with E-state index in [1.807, 2.05) is 12.1 Å². The van der Waals surface area contributed by atoms with Gasteiger partial charge in [-0.15, -0.1) is 0 Å². The molecule has 6 nitrogen and oxygen atoms in total. The molecule has 0 fully saturated rings. The zero-order valence-corrected chi connectivity index (χ0v) is 19.2. The van der Waals surface area contributed by atoms with Gasteiger partial charge < -0.3 is 5.32 Å². The number of amides is 1. The number of anilines is 1. The Balaban J connectivity index is 1.82. The van der Waals surface area contributed by atoms with E-state index in [0.717, 1.165) is 6.42 Å². The minimum absolute atomic E-state index is 0.0616. The van der Waals surface area contributed by atoms with Gasteiger partial charge in [0.25, 0.3) is 5.56 Å². The molecule has 0 unspecified atom stereocenters. The zero-order chi connectivity index (χ0) is 21.8. The molecule has 0 bridgehead atoms. The summed E-state index contributed by atoms with van der Waals surface area (Å²) in [5, 5.41) is 4.52. The lowest BCUT2D eigenvalue weighted by Gasteiger charge is -2.14. The van der Waals surface area contributed by atoms with Gasteiger partial charge in [0, 0.05) is 12.7 Å². The average Bonchev–Trinajstić information content (AvgIpc) is 2.72. The van der Waals surface area contributed by atoms with Crippen LogP contribution in [0.25, 0.3) is 10.9 Å². The lowest BCUT2D eigenvalue weighted by atomic mass is 10.1. The summed E-state index contributed by atoms with van der Waals surface area (Å²) in [5.41, 5.74) is 1.17. The number of benzene rings is 1. The van der Waals surface area contributed by atoms with Crippen molar-refractivity contribution >= 4 is 57.6 Å².